The van der Waals surface area contributed by atoms with Gasteiger partial charge in [-0.25, -0.2) is 4.79 Å². The molecule has 14 N–H and O–H groups in total. The minimum Gasteiger partial charge on any atom is -0.480 e. The van der Waals surface area contributed by atoms with Crippen LogP contribution in [-0.2, 0) is 28.8 Å². The van der Waals surface area contributed by atoms with Crippen LogP contribution in [0.4, 0.5) is 0 Å². The summed E-state index contributed by atoms with van der Waals surface area (Å²) < 4.78 is 0. The third-order valence-corrected chi connectivity index (χ3v) is 5.83. The van der Waals surface area contributed by atoms with Crippen LogP contribution in [0.2, 0.25) is 0 Å². The Morgan fingerprint density at radius 1 is 0.659 bits per heavy atom. The lowest BCUT2D eigenvalue weighted by atomic mass is 10.1. The van der Waals surface area contributed by atoms with E-state index in [0.29, 0.717) is 12.8 Å². The Morgan fingerprint density at radius 3 is 1.63 bits per heavy atom. The number of carboxylic acid groups (broad SMARTS) is 1. The Balaban J connectivity index is 5.40. The first-order valence-corrected chi connectivity index (χ1v) is 12.9. The minimum atomic E-state index is -1.63. The number of hydrogen-bond acceptors (Lipinski definition) is 12. The van der Waals surface area contributed by atoms with Gasteiger partial charge in [0.1, 0.15) is 36.3 Å². The van der Waals surface area contributed by atoms with Crippen molar-refractivity contribution < 1.29 is 54.3 Å². The number of carboxylic acids is 1. The van der Waals surface area contributed by atoms with Gasteiger partial charge in [0.15, 0.2) is 0 Å². The van der Waals surface area contributed by atoms with Crippen LogP contribution in [0.3, 0.4) is 0 Å². The van der Waals surface area contributed by atoms with E-state index >= 15 is 0 Å². The van der Waals surface area contributed by atoms with Crippen molar-refractivity contribution in [1.82, 2.24) is 26.6 Å². The summed E-state index contributed by atoms with van der Waals surface area (Å²) >= 11 is 0. The highest BCUT2D eigenvalue weighted by Gasteiger charge is 2.33. The Hall–Kier alpha value is -3.42. The fourth-order valence-electron chi connectivity index (χ4n) is 3.23. The number of aliphatic hydroxyl groups is 4. The molecule has 41 heavy (non-hydrogen) atoms. The molecule has 18 nitrogen and oxygen atoms in total. The molecule has 0 saturated carbocycles. The number of carbonyl (C=O) groups excluding carboxylic acids is 5. The topological polar surface area (TPSA) is 316 Å². The maximum atomic E-state index is 12.8. The van der Waals surface area contributed by atoms with Crippen molar-refractivity contribution >= 4 is 35.5 Å². The molecule has 0 unspecified atom stereocenters. The van der Waals surface area contributed by atoms with Crippen molar-refractivity contribution in [2.24, 2.45) is 11.5 Å². The van der Waals surface area contributed by atoms with Gasteiger partial charge in [0.05, 0.1) is 25.4 Å². The number of nitrogens with one attached hydrogen (secondary N) is 5. The second-order valence-electron chi connectivity index (χ2n) is 9.39. The smallest absolute Gasteiger partial charge is 0.328 e. The van der Waals surface area contributed by atoms with Gasteiger partial charge >= 0.3 is 5.97 Å². The molecule has 236 valence electrons. The average Bonchev–Trinajstić information content (AvgIpc) is 2.90. The van der Waals surface area contributed by atoms with Crippen molar-refractivity contribution in [3.05, 3.63) is 0 Å². The minimum absolute atomic E-state index is 0.0241. The molecule has 0 fully saturated rings. The van der Waals surface area contributed by atoms with E-state index in [1.807, 2.05) is 0 Å². The van der Waals surface area contributed by atoms with Crippen LogP contribution in [0.1, 0.15) is 40.0 Å². The van der Waals surface area contributed by atoms with Gasteiger partial charge in [-0.15, -0.1) is 0 Å². The molecular weight excluding hydrogens is 550 g/mol. The number of amides is 5. The van der Waals surface area contributed by atoms with Crippen molar-refractivity contribution in [1.29, 1.82) is 0 Å². The third-order valence-electron chi connectivity index (χ3n) is 5.83. The van der Waals surface area contributed by atoms with E-state index in [0.717, 1.165) is 0 Å². The van der Waals surface area contributed by atoms with Crippen LogP contribution in [0, 0.1) is 0 Å². The molecule has 5 amide bonds. The molecule has 0 saturated heterocycles. The normalized spacial score (nSPS) is 16.9. The van der Waals surface area contributed by atoms with Gasteiger partial charge in [0.25, 0.3) is 0 Å². The van der Waals surface area contributed by atoms with Gasteiger partial charge in [0, 0.05) is 0 Å². The number of unbranched alkanes of at least 4 members (excludes halogenated alkanes) is 1. The molecule has 0 heterocycles. The van der Waals surface area contributed by atoms with Crippen LogP contribution < -0.4 is 38.1 Å². The van der Waals surface area contributed by atoms with Gasteiger partial charge in [0.2, 0.25) is 29.5 Å². The van der Waals surface area contributed by atoms with Crippen LogP contribution in [0.25, 0.3) is 0 Å². The first-order valence-electron chi connectivity index (χ1n) is 12.9. The Morgan fingerprint density at radius 2 is 1.17 bits per heavy atom. The zero-order valence-electron chi connectivity index (χ0n) is 23.2. The van der Waals surface area contributed by atoms with Crippen molar-refractivity contribution in [2.45, 2.75) is 88.5 Å². The lowest BCUT2D eigenvalue weighted by molar-refractivity contribution is -0.143. The highest BCUT2D eigenvalue weighted by molar-refractivity contribution is 5.96. The van der Waals surface area contributed by atoms with E-state index in [-0.39, 0.29) is 13.0 Å². The molecule has 0 spiro atoms. The molecule has 0 aromatic heterocycles. The second-order valence-corrected chi connectivity index (χ2v) is 9.39. The Bertz CT molecular complexity index is 903. The number of hydrogen-bond donors (Lipinski definition) is 12. The Labute approximate surface area is 236 Å². The molecule has 0 aromatic carbocycles. The molecule has 0 radical (unpaired) electrons. The SMILES string of the molecule is C[C@H](NC(=O)[C@@H](NC(=O)[C@@H](N)[C@@H](C)O)[C@@H](C)O)C(=O)N[C@@H](CO)C(=O)N[C@@H](CCCCN)C(=O)N[C@@H](CO)C(=O)O. The summed E-state index contributed by atoms with van der Waals surface area (Å²) in [6.07, 6.45) is -1.83. The number of aliphatic hydroxyl groups excluding tert-OH is 4. The van der Waals surface area contributed by atoms with Gasteiger partial charge in [-0.05, 0) is 46.6 Å². The third kappa shape index (κ3) is 13.2. The van der Waals surface area contributed by atoms with Crippen molar-refractivity contribution in [3.63, 3.8) is 0 Å². The number of nitrogens with two attached hydrogens (primary N) is 2. The van der Waals surface area contributed by atoms with Crippen LogP contribution in [0.15, 0.2) is 0 Å². The molecular formula is C23H43N7O11. The first kappa shape index (κ1) is 37.6. The number of aliphatic carboxylic acids is 1. The predicted octanol–water partition coefficient (Wildman–Crippen LogP) is -6.28. The van der Waals surface area contributed by atoms with E-state index in [1.165, 1.54) is 20.8 Å². The second kappa shape index (κ2) is 18.8. The average molecular weight is 594 g/mol. The fraction of sp³-hybridized carbons (Fsp3) is 0.739. The van der Waals surface area contributed by atoms with E-state index in [4.69, 9.17) is 21.7 Å². The van der Waals surface area contributed by atoms with Crippen molar-refractivity contribution in [3.8, 4) is 0 Å². The summed E-state index contributed by atoms with van der Waals surface area (Å²) in [5.41, 5.74) is 11.0. The fourth-order valence-corrected chi connectivity index (χ4v) is 3.23. The van der Waals surface area contributed by atoms with Crippen LogP contribution >= 0.6 is 0 Å². The highest BCUT2D eigenvalue weighted by atomic mass is 16.4. The molecule has 0 aliphatic carbocycles. The van der Waals surface area contributed by atoms with Crippen molar-refractivity contribution in [2.75, 3.05) is 19.8 Å². The van der Waals surface area contributed by atoms with Crippen LogP contribution in [-0.4, -0.2) is 129 Å². The molecule has 0 rings (SSSR count). The predicted molar refractivity (Wildman–Crippen MR) is 141 cm³/mol. The quantitative estimate of drug-likeness (QED) is 0.0621. The zero-order chi connectivity index (χ0) is 31.9. The molecule has 0 bridgehead atoms. The summed E-state index contributed by atoms with van der Waals surface area (Å²) in [5, 5.41) is 58.2. The summed E-state index contributed by atoms with van der Waals surface area (Å²) in [7, 11) is 0. The largest absolute Gasteiger partial charge is 0.480 e. The Kier molecular flexibility index (Phi) is 17.3. The maximum Gasteiger partial charge on any atom is 0.328 e. The molecule has 0 aliphatic heterocycles. The maximum absolute atomic E-state index is 12.8. The zero-order valence-corrected chi connectivity index (χ0v) is 23.2. The lowest BCUT2D eigenvalue weighted by Crippen LogP contribution is -2.61. The standard InChI is InChI=1S/C23H43N7O11/c1-10(26-22(39)17(12(3)34)30-21(38)16(25)11(2)33)18(35)28-14(8-31)20(37)27-13(6-4-5-7-24)19(36)29-15(9-32)23(40)41/h10-17,31-34H,4-9,24-25H2,1-3H3,(H,26,39)(H,27,37)(H,28,35)(H,29,36)(H,30,38)(H,40,41)/t10-,11+,12+,13-,14-,15-,16-,17-/m0/s1. The van der Waals surface area contributed by atoms with Gasteiger partial charge in [-0.3, -0.25) is 24.0 Å². The molecule has 0 aliphatic rings. The van der Waals surface area contributed by atoms with Crippen LogP contribution in [0.5, 0.6) is 0 Å². The number of rotatable bonds is 19. The van der Waals surface area contributed by atoms with Gasteiger partial charge in [-0.1, -0.05) is 0 Å². The molecule has 0 aromatic rings. The van der Waals surface area contributed by atoms with Gasteiger partial charge in [-0.2, -0.15) is 0 Å². The number of carbonyl (C=O) groups is 6. The molecule has 18 heteroatoms. The van der Waals surface area contributed by atoms with E-state index in [2.05, 4.69) is 26.6 Å². The highest BCUT2D eigenvalue weighted by Crippen LogP contribution is 2.03. The summed E-state index contributed by atoms with van der Waals surface area (Å²) in [6, 6.07) is -8.83. The lowest BCUT2D eigenvalue weighted by Gasteiger charge is -2.26. The summed E-state index contributed by atoms with van der Waals surface area (Å²) in [4.78, 5) is 73.8. The summed E-state index contributed by atoms with van der Waals surface area (Å²) in [6.45, 7) is 2.10. The van der Waals surface area contributed by atoms with E-state index in [1.54, 1.807) is 0 Å². The first-order chi connectivity index (χ1) is 19.1. The van der Waals surface area contributed by atoms with E-state index in [9.17, 15) is 44.1 Å². The molecule has 8 atom stereocenters. The summed E-state index contributed by atoms with van der Waals surface area (Å²) in [5.74, 6) is -6.33. The van der Waals surface area contributed by atoms with Gasteiger partial charge < -0.3 is 63.6 Å². The van der Waals surface area contributed by atoms with E-state index < -0.39 is 97.2 Å². The monoisotopic (exact) mass is 593 g/mol.